The molecule has 8 nitrogen and oxygen atoms in total. The second-order valence-electron chi connectivity index (χ2n) is 9.61. The Hall–Kier alpha value is -4.20. The molecule has 1 aliphatic carbocycles. The first kappa shape index (κ1) is 24.5. The lowest BCUT2D eigenvalue weighted by Gasteiger charge is -2.11. The largest absolute Gasteiger partial charge is 0.299 e. The van der Waals surface area contributed by atoms with Crippen LogP contribution in [0.25, 0.3) is 0 Å². The van der Waals surface area contributed by atoms with E-state index in [0.29, 0.717) is 36.1 Å². The minimum absolute atomic E-state index is 0.0942. The van der Waals surface area contributed by atoms with Crippen LogP contribution in [0.5, 0.6) is 0 Å². The third-order valence-electron chi connectivity index (χ3n) is 6.75. The number of Topliss-reactive ketones (excluding diaryl/α,β-unsaturated/α-hetero) is 2. The first-order chi connectivity index (χ1) is 18.1. The van der Waals surface area contributed by atoms with Gasteiger partial charge in [0.1, 0.15) is 11.6 Å². The van der Waals surface area contributed by atoms with Crippen LogP contribution < -0.4 is 0 Å². The molecule has 1 aliphatic rings. The Morgan fingerprint density at radius 3 is 1.49 bits per heavy atom. The van der Waals surface area contributed by atoms with E-state index in [2.05, 4.69) is 30.4 Å². The maximum atomic E-state index is 12.4. The Morgan fingerprint density at radius 1 is 0.622 bits per heavy atom. The maximum Gasteiger partial charge on any atom is 0.143 e. The van der Waals surface area contributed by atoms with E-state index in [9.17, 15) is 9.59 Å². The number of ketones is 2. The fourth-order valence-corrected chi connectivity index (χ4v) is 4.87. The Bertz CT molecular complexity index is 1220. The monoisotopic (exact) mass is 492 g/mol. The lowest BCUT2D eigenvalue weighted by molar-refractivity contribution is -0.118. The van der Waals surface area contributed by atoms with Crippen molar-refractivity contribution in [1.29, 1.82) is 0 Å². The zero-order valence-corrected chi connectivity index (χ0v) is 20.5. The van der Waals surface area contributed by atoms with E-state index in [1.807, 2.05) is 48.5 Å². The lowest BCUT2D eigenvalue weighted by atomic mass is 9.98. The summed E-state index contributed by atoms with van der Waals surface area (Å²) in [4.78, 5) is 32.8. The molecule has 186 valence electrons. The Balaban J connectivity index is 1.12. The number of hydrogen-bond acceptors (Lipinski definition) is 8. The highest BCUT2D eigenvalue weighted by atomic mass is 16.1. The van der Waals surface area contributed by atoms with Gasteiger partial charge in [0.15, 0.2) is 0 Å². The van der Waals surface area contributed by atoms with Crippen LogP contribution in [-0.2, 0) is 35.3 Å². The molecule has 4 aromatic rings. The second-order valence-corrected chi connectivity index (χ2v) is 9.61. The van der Waals surface area contributed by atoms with E-state index in [-0.39, 0.29) is 24.4 Å². The standard InChI is InChI=1S/C29H28N6O2/c36-26(13-20-3-1-11-30-18-20)16-24-7-9-28(34-32-24)22-5-6-23(15-22)29-10-8-25(33-35-29)17-27(37)14-21-4-2-12-31-19-21/h1-4,7-12,18-19,22-23H,5-6,13-17H2. The van der Waals surface area contributed by atoms with Gasteiger partial charge in [0.25, 0.3) is 0 Å². The SMILES string of the molecule is O=C(Cc1cccnc1)Cc1ccc(C2CCC(c3ccc(CC(=O)Cc4cccnc4)nn3)C2)nn1. The summed E-state index contributed by atoms with van der Waals surface area (Å²) < 4.78 is 0. The highest BCUT2D eigenvalue weighted by Crippen LogP contribution is 2.42. The molecule has 0 N–H and O–H groups in total. The van der Waals surface area contributed by atoms with E-state index in [1.165, 1.54) is 0 Å². The molecule has 0 radical (unpaired) electrons. The zero-order valence-electron chi connectivity index (χ0n) is 20.5. The third kappa shape index (κ3) is 6.73. The van der Waals surface area contributed by atoms with Crippen LogP contribution in [0, 0.1) is 0 Å². The normalized spacial score (nSPS) is 17.0. The quantitative estimate of drug-likeness (QED) is 0.328. The molecule has 0 amide bonds. The summed E-state index contributed by atoms with van der Waals surface area (Å²) >= 11 is 0. The molecule has 4 heterocycles. The van der Waals surface area contributed by atoms with Gasteiger partial charge >= 0.3 is 0 Å². The number of rotatable bonds is 10. The van der Waals surface area contributed by atoms with Gasteiger partial charge in [-0.1, -0.05) is 12.1 Å². The molecule has 0 spiro atoms. The molecule has 1 saturated carbocycles. The highest BCUT2D eigenvalue weighted by Gasteiger charge is 2.29. The Morgan fingerprint density at radius 2 is 1.11 bits per heavy atom. The number of pyridine rings is 2. The van der Waals surface area contributed by atoms with Crippen LogP contribution in [-0.4, -0.2) is 41.9 Å². The molecule has 5 rings (SSSR count). The average Bonchev–Trinajstić information content (AvgIpc) is 3.41. The first-order valence-electron chi connectivity index (χ1n) is 12.6. The van der Waals surface area contributed by atoms with Gasteiger partial charge in [0, 0.05) is 49.5 Å². The minimum atomic E-state index is 0.0942. The summed E-state index contributed by atoms with van der Waals surface area (Å²) in [5, 5.41) is 17.5. The third-order valence-corrected chi connectivity index (χ3v) is 6.75. The molecule has 0 bridgehead atoms. The molecule has 0 aliphatic heterocycles. The van der Waals surface area contributed by atoms with Crippen molar-refractivity contribution in [3.05, 3.63) is 107 Å². The molecular formula is C29H28N6O2. The van der Waals surface area contributed by atoms with E-state index >= 15 is 0 Å². The van der Waals surface area contributed by atoms with Crippen molar-refractivity contribution in [2.45, 2.75) is 56.8 Å². The van der Waals surface area contributed by atoms with Crippen LogP contribution in [0.2, 0.25) is 0 Å². The smallest absolute Gasteiger partial charge is 0.143 e. The van der Waals surface area contributed by atoms with Gasteiger partial charge in [-0.05, 0) is 66.8 Å². The number of carbonyl (C=O) groups is 2. The van der Waals surface area contributed by atoms with Crippen LogP contribution in [0.4, 0.5) is 0 Å². The maximum absolute atomic E-state index is 12.4. The molecule has 4 aromatic heterocycles. The van der Waals surface area contributed by atoms with Crippen molar-refractivity contribution in [2.24, 2.45) is 0 Å². The van der Waals surface area contributed by atoms with E-state index in [4.69, 9.17) is 0 Å². The van der Waals surface area contributed by atoms with E-state index in [1.54, 1.807) is 24.8 Å². The fraction of sp³-hybridized carbons (Fsp3) is 0.310. The van der Waals surface area contributed by atoms with Crippen molar-refractivity contribution in [3.63, 3.8) is 0 Å². The summed E-state index contributed by atoms with van der Waals surface area (Å²) in [7, 11) is 0. The predicted octanol–water partition coefficient (Wildman–Crippen LogP) is 3.82. The summed E-state index contributed by atoms with van der Waals surface area (Å²) in [6, 6.07) is 15.3. The molecule has 37 heavy (non-hydrogen) atoms. The number of aromatic nitrogens is 6. The highest BCUT2D eigenvalue weighted by molar-refractivity contribution is 5.83. The summed E-state index contributed by atoms with van der Waals surface area (Å²) in [6.07, 6.45) is 11.0. The molecule has 2 atom stereocenters. The summed E-state index contributed by atoms with van der Waals surface area (Å²) in [6.45, 7) is 0. The zero-order chi connectivity index (χ0) is 25.5. The summed E-state index contributed by atoms with van der Waals surface area (Å²) in [5.74, 6) is 0.800. The molecule has 8 heteroatoms. The van der Waals surface area contributed by atoms with Gasteiger partial charge in [-0.3, -0.25) is 19.6 Å². The summed E-state index contributed by atoms with van der Waals surface area (Å²) in [5.41, 5.74) is 5.09. The van der Waals surface area contributed by atoms with Crippen molar-refractivity contribution in [1.82, 2.24) is 30.4 Å². The molecule has 1 fully saturated rings. The number of carbonyl (C=O) groups excluding carboxylic acids is 2. The molecule has 0 aromatic carbocycles. The van der Waals surface area contributed by atoms with Crippen molar-refractivity contribution < 1.29 is 9.59 Å². The topological polar surface area (TPSA) is 111 Å². The Labute approximate surface area is 215 Å². The second kappa shape index (κ2) is 11.7. The van der Waals surface area contributed by atoms with Gasteiger partial charge < -0.3 is 0 Å². The van der Waals surface area contributed by atoms with Gasteiger partial charge in [-0.2, -0.15) is 20.4 Å². The van der Waals surface area contributed by atoms with Crippen LogP contribution in [0.3, 0.4) is 0 Å². The number of nitrogens with zero attached hydrogens (tertiary/aromatic N) is 6. The molecule has 2 unspecified atom stereocenters. The van der Waals surface area contributed by atoms with Gasteiger partial charge in [0.05, 0.1) is 35.6 Å². The van der Waals surface area contributed by atoms with Crippen LogP contribution in [0.1, 0.15) is 65.0 Å². The van der Waals surface area contributed by atoms with Gasteiger partial charge in [-0.15, -0.1) is 0 Å². The van der Waals surface area contributed by atoms with Gasteiger partial charge in [0.2, 0.25) is 0 Å². The van der Waals surface area contributed by atoms with Gasteiger partial charge in [-0.25, -0.2) is 0 Å². The molecular weight excluding hydrogens is 464 g/mol. The average molecular weight is 493 g/mol. The lowest BCUT2D eigenvalue weighted by Crippen LogP contribution is -2.10. The first-order valence-corrected chi connectivity index (χ1v) is 12.6. The van der Waals surface area contributed by atoms with Crippen LogP contribution >= 0.6 is 0 Å². The van der Waals surface area contributed by atoms with Crippen molar-refractivity contribution >= 4 is 11.6 Å². The fourth-order valence-electron chi connectivity index (χ4n) is 4.87. The molecule has 0 saturated heterocycles. The minimum Gasteiger partial charge on any atom is -0.299 e. The van der Waals surface area contributed by atoms with Crippen molar-refractivity contribution in [3.8, 4) is 0 Å². The Kier molecular flexibility index (Phi) is 7.74. The predicted molar refractivity (Wildman–Crippen MR) is 137 cm³/mol. The van der Waals surface area contributed by atoms with Crippen molar-refractivity contribution in [2.75, 3.05) is 0 Å². The van der Waals surface area contributed by atoms with E-state index in [0.717, 1.165) is 41.8 Å². The van der Waals surface area contributed by atoms with Crippen LogP contribution in [0.15, 0.2) is 73.3 Å². The van der Waals surface area contributed by atoms with E-state index < -0.39 is 0 Å². The number of hydrogen-bond donors (Lipinski definition) is 0.